The second kappa shape index (κ2) is 10.4. The van der Waals surface area contributed by atoms with E-state index in [-0.39, 0.29) is 19.1 Å². The zero-order valence-corrected chi connectivity index (χ0v) is 22.8. The van der Waals surface area contributed by atoms with Crippen molar-refractivity contribution in [3.8, 4) is 0 Å². The summed E-state index contributed by atoms with van der Waals surface area (Å²) in [6.45, 7) is 6.44. The van der Waals surface area contributed by atoms with Crippen LogP contribution in [0.1, 0.15) is 35.0 Å². The minimum absolute atomic E-state index is 0.0172. The van der Waals surface area contributed by atoms with Gasteiger partial charge >= 0.3 is 0 Å². The van der Waals surface area contributed by atoms with Crippen LogP contribution in [-0.4, -0.2) is 50.2 Å². The standard InChI is InChI=1S/C32H31N5O4/c1-3-16-36-27-14-13-24(37-28-12-7-10-22-9-6-11-25(29(22)28)30(37)39)19-26(27)32(41,31(36)40)21(2)8-4-5-17-35-20-23(15-18-38)33-34-35/h3-4,6-14,19-21,38,41H,1,5,15-18H2,2H3/b8-4+/t21-,32+/m1/s1. The number of aliphatic hydroxyl groups excluding tert-OH is 1. The molecule has 2 aliphatic rings. The predicted molar refractivity (Wildman–Crippen MR) is 157 cm³/mol. The van der Waals surface area contributed by atoms with E-state index < -0.39 is 17.4 Å². The van der Waals surface area contributed by atoms with Gasteiger partial charge in [-0.25, -0.2) is 0 Å². The number of carbonyl (C=O) groups is 2. The lowest BCUT2D eigenvalue weighted by atomic mass is 9.82. The second-order valence-corrected chi connectivity index (χ2v) is 10.4. The summed E-state index contributed by atoms with van der Waals surface area (Å²) in [6, 6.07) is 16.9. The topological polar surface area (TPSA) is 112 Å². The van der Waals surface area contributed by atoms with E-state index in [0.717, 1.165) is 22.2 Å². The third-order valence-electron chi connectivity index (χ3n) is 7.94. The van der Waals surface area contributed by atoms with Gasteiger partial charge in [0.2, 0.25) is 0 Å². The van der Waals surface area contributed by atoms with Crippen molar-refractivity contribution in [3.05, 3.63) is 102 Å². The summed E-state index contributed by atoms with van der Waals surface area (Å²) >= 11 is 0. The Balaban J connectivity index is 1.32. The number of benzene rings is 3. The molecule has 0 saturated carbocycles. The number of amides is 2. The summed E-state index contributed by atoms with van der Waals surface area (Å²) in [5.74, 6) is -1.13. The Morgan fingerprint density at radius 1 is 1.10 bits per heavy atom. The molecule has 0 fully saturated rings. The molecule has 6 rings (SSSR count). The van der Waals surface area contributed by atoms with Gasteiger partial charge in [-0.15, -0.1) is 11.7 Å². The summed E-state index contributed by atoms with van der Waals surface area (Å²) < 4.78 is 1.70. The first-order valence-electron chi connectivity index (χ1n) is 13.7. The van der Waals surface area contributed by atoms with Crippen molar-refractivity contribution in [1.29, 1.82) is 0 Å². The molecule has 0 saturated heterocycles. The van der Waals surface area contributed by atoms with Gasteiger partial charge in [-0.2, -0.15) is 0 Å². The first kappa shape index (κ1) is 26.6. The van der Waals surface area contributed by atoms with E-state index in [9.17, 15) is 14.7 Å². The lowest BCUT2D eigenvalue weighted by Crippen LogP contribution is -2.44. The van der Waals surface area contributed by atoms with Gasteiger partial charge < -0.3 is 15.1 Å². The van der Waals surface area contributed by atoms with E-state index in [0.29, 0.717) is 41.9 Å². The van der Waals surface area contributed by atoms with Crippen LogP contribution in [0.3, 0.4) is 0 Å². The van der Waals surface area contributed by atoms with E-state index in [1.807, 2.05) is 61.5 Å². The van der Waals surface area contributed by atoms with Gasteiger partial charge in [-0.3, -0.25) is 19.2 Å². The summed E-state index contributed by atoms with van der Waals surface area (Å²) in [4.78, 5) is 30.5. The maximum Gasteiger partial charge on any atom is 0.264 e. The van der Waals surface area contributed by atoms with Crippen LogP contribution in [0.25, 0.3) is 10.8 Å². The molecule has 0 unspecified atom stereocenters. The molecule has 1 aromatic heterocycles. The van der Waals surface area contributed by atoms with Crippen LogP contribution in [0.4, 0.5) is 17.1 Å². The highest BCUT2D eigenvalue weighted by Crippen LogP contribution is 2.49. The molecule has 0 bridgehead atoms. The Morgan fingerprint density at radius 3 is 2.68 bits per heavy atom. The highest BCUT2D eigenvalue weighted by molar-refractivity contribution is 6.28. The number of anilines is 3. The molecule has 9 heteroatoms. The molecule has 2 atom stereocenters. The van der Waals surface area contributed by atoms with E-state index in [2.05, 4.69) is 16.9 Å². The van der Waals surface area contributed by atoms with Crippen LogP contribution in [0.15, 0.2) is 85.6 Å². The molecular weight excluding hydrogens is 518 g/mol. The SMILES string of the molecule is C=CCN1C(=O)[C@](O)([C@H](C)/C=C/CCn2cc(CCO)nn2)c2cc(N3C(=O)c4cccc5cccc3c45)ccc21. The highest BCUT2D eigenvalue weighted by atomic mass is 16.3. The third kappa shape index (κ3) is 4.25. The van der Waals surface area contributed by atoms with Crippen LogP contribution in [0, 0.1) is 5.92 Å². The number of aliphatic hydroxyl groups is 2. The van der Waals surface area contributed by atoms with Crippen LogP contribution in [0.2, 0.25) is 0 Å². The van der Waals surface area contributed by atoms with Crippen molar-refractivity contribution in [1.82, 2.24) is 15.0 Å². The number of carbonyl (C=O) groups excluding carboxylic acids is 2. The largest absolute Gasteiger partial charge is 0.396 e. The molecule has 9 nitrogen and oxygen atoms in total. The van der Waals surface area contributed by atoms with Gasteiger partial charge in [0.25, 0.3) is 11.8 Å². The summed E-state index contributed by atoms with van der Waals surface area (Å²) in [7, 11) is 0. The number of hydrogen-bond donors (Lipinski definition) is 2. The van der Waals surface area contributed by atoms with Crippen molar-refractivity contribution in [3.63, 3.8) is 0 Å². The fourth-order valence-corrected chi connectivity index (χ4v) is 5.88. The van der Waals surface area contributed by atoms with Crippen molar-refractivity contribution < 1.29 is 19.8 Å². The molecular formula is C32H31N5O4. The molecule has 3 aromatic carbocycles. The minimum atomic E-state index is -1.83. The maximum absolute atomic E-state index is 13.7. The highest BCUT2D eigenvalue weighted by Gasteiger charge is 2.52. The van der Waals surface area contributed by atoms with E-state index >= 15 is 0 Å². The van der Waals surface area contributed by atoms with Gasteiger partial charge in [0.05, 0.1) is 22.6 Å². The fourth-order valence-electron chi connectivity index (χ4n) is 5.88. The smallest absolute Gasteiger partial charge is 0.264 e. The molecule has 0 spiro atoms. The van der Waals surface area contributed by atoms with Crippen molar-refractivity contribution in [2.75, 3.05) is 23.0 Å². The van der Waals surface area contributed by atoms with Crippen LogP contribution < -0.4 is 9.80 Å². The fraction of sp³-hybridized carbons (Fsp3) is 0.250. The van der Waals surface area contributed by atoms with Gasteiger partial charge in [0, 0.05) is 54.9 Å². The molecule has 41 heavy (non-hydrogen) atoms. The van der Waals surface area contributed by atoms with Crippen LogP contribution in [-0.2, 0) is 23.4 Å². The zero-order valence-electron chi connectivity index (χ0n) is 22.8. The van der Waals surface area contributed by atoms with Crippen molar-refractivity contribution >= 4 is 39.6 Å². The first-order valence-corrected chi connectivity index (χ1v) is 13.7. The van der Waals surface area contributed by atoms with Gasteiger partial charge in [0.1, 0.15) is 0 Å². The summed E-state index contributed by atoms with van der Waals surface area (Å²) in [6.07, 6.45) is 8.26. The Kier molecular flexibility index (Phi) is 6.76. The molecule has 3 heterocycles. The van der Waals surface area contributed by atoms with Gasteiger partial charge in [-0.1, -0.05) is 54.6 Å². The molecule has 4 aromatic rings. The number of rotatable bonds is 10. The van der Waals surface area contributed by atoms with E-state index in [1.165, 1.54) is 4.90 Å². The lowest BCUT2D eigenvalue weighted by Gasteiger charge is -2.28. The van der Waals surface area contributed by atoms with Crippen molar-refractivity contribution in [2.45, 2.75) is 31.9 Å². The Labute approximate surface area is 237 Å². The number of aromatic nitrogens is 3. The average Bonchev–Trinajstić information content (AvgIpc) is 3.61. The molecule has 2 aliphatic heterocycles. The Bertz CT molecular complexity index is 1700. The number of nitrogens with zero attached hydrogens (tertiary/aromatic N) is 5. The monoisotopic (exact) mass is 549 g/mol. The van der Waals surface area contributed by atoms with E-state index in [1.54, 1.807) is 34.0 Å². The number of fused-ring (bicyclic) bond motifs is 1. The summed E-state index contributed by atoms with van der Waals surface area (Å²) in [5, 5.41) is 31.1. The molecule has 2 N–H and O–H groups in total. The average molecular weight is 550 g/mol. The molecule has 2 amide bonds. The Morgan fingerprint density at radius 2 is 1.90 bits per heavy atom. The first-order chi connectivity index (χ1) is 19.9. The second-order valence-electron chi connectivity index (χ2n) is 10.4. The Hall–Kier alpha value is -4.60. The maximum atomic E-state index is 13.7. The number of aryl methyl sites for hydroxylation is 1. The molecule has 208 valence electrons. The van der Waals surface area contributed by atoms with Gasteiger partial charge in [0.15, 0.2) is 5.60 Å². The summed E-state index contributed by atoms with van der Waals surface area (Å²) in [5.41, 5.74) is 1.95. The number of allylic oxidation sites excluding steroid dienone is 1. The zero-order chi connectivity index (χ0) is 28.7. The van der Waals surface area contributed by atoms with Gasteiger partial charge in [-0.05, 0) is 42.1 Å². The molecule has 0 radical (unpaired) electrons. The van der Waals surface area contributed by atoms with E-state index in [4.69, 9.17) is 5.11 Å². The predicted octanol–water partition coefficient (Wildman–Crippen LogP) is 4.26. The van der Waals surface area contributed by atoms with Crippen molar-refractivity contribution in [2.24, 2.45) is 5.92 Å². The molecule has 0 aliphatic carbocycles. The lowest BCUT2D eigenvalue weighted by molar-refractivity contribution is -0.139. The minimum Gasteiger partial charge on any atom is -0.396 e. The van der Waals surface area contributed by atoms with Crippen LogP contribution >= 0.6 is 0 Å². The third-order valence-corrected chi connectivity index (χ3v) is 7.94. The normalized spacial score (nSPS) is 18.6. The number of hydrogen-bond acceptors (Lipinski definition) is 6. The van der Waals surface area contributed by atoms with Crippen LogP contribution in [0.5, 0.6) is 0 Å². The quantitative estimate of drug-likeness (QED) is 0.286.